The molecule has 2 aliphatic rings. The Morgan fingerprint density at radius 2 is 1.53 bits per heavy atom. The van der Waals surface area contributed by atoms with Crippen molar-refractivity contribution >= 4 is 0 Å². The summed E-state index contributed by atoms with van der Waals surface area (Å²) >= 11 is 0. The maximum atomic E-state index is 9.06. The Labute approximate surface area is 193 Å². The van der Waals surface area contributed by atoms with E-state index >= 15 is 0 Å². The molecule has 0 atom stereocenters. The third-order valence-corrected chi connectivity index (χ3v) is 2.97. The maximum absolute atomic E-state index is 9.06. The van der Waals surface area contributed by atoms with Crippen LogP contribution in [0.5, 0.6) is 0 Å². The second kappa shape index (κ2) is 13.3. The first-order chi connectivity index (χ1) is 7.20. The van der Waals surface area contributed by atoms with Gasteiger partial charge in [-0.1, -0.05) is 0 Å². The smallest absolute Gasteiger partial charge is 1.00 e. The van der Waals surface area contributed by atoms with Crippen molar-refractivity contribution in [1.82, 2.24) is 0 Å². The van der Waals surface area contributed by atoms with Crippen molar-refractivity contribution in [2.24, 2.45) is 0 Å². The second-order valence-electron chi connectivity index (χ2n) is 4.38. The molecule has 0 unspecified atom stereocenters. The van der Waals surface area contributed by atoms with Crippen LogP contribution in [0.15, 0.2) is 23.2 Å². The minimum Gasteiger partial charge on any atom is -1.00 e. The molecule has 2 rings (SSSR count). The summed E-state index contributed by atoms with van der Waals surface area (Å²) in [7, 11) is 0. The Morgan fingerprint density at radius 3 is 1.82 bits per heavy atom. The monoisotopic (exact) mass is 290 g/mol. The van der Waals surface area contributed by atoms with Gasteiger partial charge in [0.1, 0.15) is 0 Å². The van der Waals surface area contributed by atoms with Gasteiger partial charge in [-0.25, -0.2) is 0 Å². The number of aliphatic hydroxyl groups excluding tert-OH is 2. The average Bonchev–Trinajstić information content (AvgIpc) is 2.25. The summed E-state index contributed by atoms with van der Waals surface area (Å²) in [5, 5.41) is 17.8. The van der Waals surface area contributed by atoms with E-state index in [-0.39, 0.29) is 106 Å². The standard InChI is InChI=1S/C7H12O.C6H10O.2K.2H/c1-6-4-2-3-5-7(6)8;7-6-4-2-1-3-5-6;;;;/h8H,2-5H2,1H3;4,7H,1-3,5H2;;;;/q;;2*+1;2*-1. The number of aliphatic hydroxyl groups is 2. The van der Waals surface area contributed by atoms with Crippen molar-refractivity contribution in [3.8, 4) is 0 Å². The minimum absolute atomic E-state index is 0. The molecule has 0 amide bonds. The minimum atomic E-state index is 0. The number of allylic oxidation sites excluding steroid dienone is 4. The third-order valence-electron chi connectivity index (χ3n) is 2.97. The van der Waals surface area contributed by atoms with Gasteiger partial charge in [0.25, 0.3) is 0 Å². The van der Waals surface area contributed by atoms with Gasteiger partial charge in [0.2, 0.25) is 0 Å². The Bertz CT molecular complexity index is 255. The molecule has 17 heavy (non-hydrogen) atoms. The van der Waals surface area contributed by atoms with Crippen LogP contribution in [0.1, 0.15) is 61.1 Å². The first-order valence-corrected chi connectivity index (χ1v) is 5.95. The molecule has 4 heteroatoms. The first-order valence-electron chi connectivity index (χ1n) is 5.95. The molecule has 0 aromatic heterocycles. The van der Waals surface area contributed by atoms with Crippen molar-refractivity contribution in [3.63, 3.8) is 0 Å². The Kier molecular flexibility index (Phi) is 17.0. The fourth-order valence-electron chi connectivity index (χ4n) is 1.86. The second-order valence-corrected chi connectivity index (χ2v) is 4.38. The van der Waals surface area contributed by atoms with Crippen molar-refractivity contribution in [3.05, 3.63) is 23.2 Å². The molecule has 0 radical (unpaired) electrons. The summed E-state index contributed by atoms with van der Waals surface area (Å²) < 4.78 is 0. The fourth-order valence-corrected chi connectivity index (χ4v) is 1.86. The molecular formula is C13H24K2O2. The van der Waals surface area contributed by atoms with E-state index in [0.29, 0.717) is 11.5 Å². The van der Waals surface area contributed by atoms with Crippen LogP contribution in [-0.4, -0.2) is 10.2 Å². The molecule has 0 aromatic rings. The predicted octanol–water partition coefficient (Wildman–Crippen LogP) is -1.37. The summed E-state index contributed by atoms with van der Waals surface area (Å²) in [6.45, 7) is 2.01. The average molecular weight is 291 g/mol. The van der Waals surface area contributed by atoms with Crippen LogP contribution in [0.2, 0.25) is 0 Å². The maximum Gasteiger partial charge on any atom is 1.00 e. The van der Waals surface area contributed by atoms with Crippen molar-refractivity contribution in [1.29, 1.82) is 0 Å². The molecule has 0 aliphatic heterocycles. The topological polar surface area (TPSA) is 40.5 Å². The Balaban J connectivity index is -0.0000000983. The zero-order valence-electron chi connectivity index (χ0n) is 13.6. The van der Waals surface area contributed by atoms with Gasteiger partial charge in [-0.3, -0.25) is 0 Å². The normalized spacial score (nSPS) is 19.0. The van der Waals surface area contributed by atoms with Crippen LogP contribution < -0.4 is 103 Å². The van der Waals surface area contributed by atoms with Gasteiger partial charge in [-0.05, 0) is 57.1 Å². The van der Waals surface area contributed by atoms with Crippen molar-refractivity contribution < 1.29 is 116 Å². The SMILES string of the molecule is CC1=C(O)CCCC1.OC1=CCCCC1.[H-].[H-].[K+].[K+]. The molecule has 2 nitrogen and oxygen atoms in total. The summed E-state index contributed by atoms with van der Waals surface area (Å²) in [6.07, 6.45) is 10.7. The van der Waals surface area contributed by atoms with E-state index in [1.54, 1.807) is 0 Å². The Hall–Kier alpha value is 2.35. The quantitative estimate of drug-likeness (QED) is 0.541. The molecule has 0 fully saturated rings. The molecule has 0 spiro atoms. The molecule has 0 saturated carbocycles. The molecule has 0 bridgehead atoms. The van der Waals surface area contributed by atoms with E-state index in [4.69, 9.17) is 10.2 Å². The van der Waals surface area contributed by atoms with Crippen LogP contribution >= 0.6 is 0 Å². The van der Waals surface area contributed by atoms with Crippen LogP contribution in [0, 0.1) is 0 Å². The van der Waals surface area contributed by atoms with Gasteiger partial charge in [-0.2, -0.15) is 0 Å². The van der Waals surface area contributed by atoms with E-state index in [9.17, 15) is 0 Å². The first kappa shape index (κ1) is 21.6. The number of hydrogen-bond acceptors (Lipinski definition) is 2. The molecule has 0 heterocycles. The largest absolute Gasteiger partial charge is 1.00 e. The van der Waals surface area contributed by atoms with E-state index in [1.807, 2.05) is 13.0 Å². The predicted molar refractivity (Wildman–Crippen MR) is 65.2 cm³/mol. The summed E-state index contributed by atoms with van der Waals surface area (Å²) in [6, 6.07) is 0. The van der Waals surface area contributed by atoms with Gasteiger partial charge < -0.3 is 13.1 Å². The van der Waals surface area contributed by atoms with Gasteiger partial charge in [0.05, 0.1) is 11.5 Å². The van der Waals surface area contributed by atoms with E-state index in [2.05, 4.69) is 0 Å². The van der Waals surface area contributed by atoms with Crippen LogP contribution in [-0.2, 0) is 0 Å². The van der Waals surface area contributed by atoms with Crippen molar-refractivity contribution in [2.45, 2.75) is 58.3 Å². The third kappa shape index (κ3) is 10.8. The van der Waals surface area contributed by atoms with Crippen molar-refractivity contribution in [2.75, 3.05) is 0 Å². The van der Waals surface area contributed by atoms with E-state index < -0.39 is 0 Å². The van der Waals surface area contributed by atoms with Crippen LogP contribution in [0.25, 0.3) is 0 Å². The summed E-state index contributed by atoms with van der Waals surface area (Å²) in [5.41, 5.74) is 1.19. The molecule has 2 N–H and O–H groups in total. The molecule has 0 saturated heterocycles. The van der Waals surface area contributed by atoms with Crippen LogP contribution in [0.3, 0.4) is 0 Å². The van der Waals surface area contributed by atoms with Gasteiger partial charge in [0.15, 0.2) is 0 Å². The molecule has 2 aliphatic carbocycles. The molecule has 0 aromatic carbocycles. The summed E-state index contributed by atoms with van der Waals surface area (Å²) in [5.74, 6) is 1.22. The van der Waals surface area contributed by atoms with E-state index in [1.165, 1.54) is 31.3 Å². The van der Waals surface area contributed by atoms with Gasteiger partial charge in [-0.15, -0.1) is 0 Å². The Morgan fingerprint density at radius 1 is 0.941 bits per heavy atom. The summed E-state index contributed by atoms with van der Waals surface area (Å²) in [4.78, 5) is 0. The number of rotatable bonds is 0. The zero-order valence-corrected chi connectivity index (χ0v) is 17.9. The molecular weight excluding hydrogens is 266 g/mol. The van der Waals surface area contributed by atoms with E-state index in [0.717, 1.165) is 25.7 Å². The van der Waals surface area contributed by atoms with Gasteiger partial charge >= 0.3 is 103 Å². The fraction of sp³-hybridized carbons (Fsp3) is 0.692. The van der Waals surface area contributed by atoms with Crippen LogP contribution in [0.4, 0.5) is 0 Å². The zero-order chi connectivity index (χ0) is 11.1. The number of hydrogen-bond donors (Lipinski definition) is 2. The van der Waals surface area contributed by atoms with Gasteiger partial charge in [0, 0.05) is 12.8 Å². The molecule has 90 valence electrons.